The minimum atomic E-state index is -1.27. The Balaban J connectivity index is 1.40. The number of hydrogen-bond acceptors (Lipinski definition) is 6. The average molecular weight is 388 g/mol. The molecule has 0 saturated carbocycles. The standard InChI is InChI=1S/C21H25FN2O4/c1-13(2)24-9-7-15(8-10-24)27-16-4-6-18-14(11-16)3-5-19(23-18)20(25)28-21-17(22)12-26-21/h3-6,11,13,15,17,21H,7-10,12H2,1-2H3. The van der Waals surface area contributed by atoms with Gasteiger partial charge in [0.05, 0.1) is 12.1 Å². The van der Waals surface area contributed by atoms with Crippen LogP contribution in [0.4, 0.5) is 4.39 Å². The van der Waals surface area contributed by atoms with Crippen molar-refractivity contribution in [1.82, 2.24) is 9.88 Å². The highest BCUT2D eigenvalue weighted by Crippen LogP contribution is 2.25. The van der Waals surface area contributed by atoms with Crippen molar-refractivity contribution < 1.29 is 23.4 Å². The van der Waals surface area contributed by atoms with Crippen LogP contribution in [0.3, 0.4) is 0 Å². The zero-order valence-corrected chi connectivity index (χ0v) is 16.1. The molecule has 0 bridgehead atoms. The number of rotatable bonds is 5. The van der Waals surface area contributed by atoms with Crippen LogP contribution < -0.4 is 4.74 Å². The highest BCUT2D eigenvalue weighted by atomic mass is 19.1. The summed E-state index contributed by atoms with van der Waals surface area (Å²) in [5.74, 6) is 0.113. The van der Waals surface area contributed by atoms with E-state index in [-0.39, 0.29) is 18.4 Å². The van der Waals surface area contributed by atoms with Crippen molar-refractivity contribution in [3.8, 4) is 5.75 Å². The monoisotopic (exact) mass is 388 g/mol. The molecule has 7 heteroatoms. The first-order valence-corrected chi connectivity index (χ1v) is 9.78. The highest BCUT2D eigenvalue weighted by Gasteiger charge is 2.36. The summed E-state index contributed by atoms with van der Waals surface area (Å²) in [6.45, 7) is 6.50. The van der Waals surface area contributed by atoms with E-state index in [1.807, 2.05) is 18.2 Å². The van der Waals surface area contributed by atoms with Crippen molar-refractivity contribution in [2.24, 2.45) is 0 Å². The highest BCUT2D eigenvalue weighted by molar-refractivity contribution is 5.91. The minimum absolute atomic E-state index is 0.0393. The predicted molar refractivity (Wildman–Crippen MR) is 102 cm³/mol. The average Bonchev–Trinajstić information content (AvgIpc) is 2.70. The topological polar surface area (TPSA) is 60.9 Å². The Hall–Kier alpha value is -2.25. The molecule has 0 amide bonds. The molecule has 2 aliphatic heterocycles. The fourth-order valence-electron chi connectivity index (χ4n) is 3.51. The molecule has 2 unspecified atom stereocenters. The molecule has 0 radical (unpaired) electrons. The fraction of sp³-hybridized carbons (Fsp3) is 0.524. The summed E-state index contributed by atoms with van der Waals surface area (Å²) in [4.78, 5) is 18.9. The second kappa shape index (κ2) is 8.01. The van der Waals surface area contributed by atoms with Gasteiger partial charge in [0.1, 0.15) is 17.5 Å². The molecule has 1 aromatic carbocycles. The number of aromatic nitrogens is 1. The second-order valence-corrected chi connectivity index (χ2v) is 7.62. The molecule has 2 aliphatic rings. The molecule has 2 saturated heterocycles. The molecule has 28 heavy (non-hydrogen) atoms. The summed E-state index contributed by atoms with van der Waals surface area (Å²) in [5.41, 5.74) is 0.785. The summed E-state index contributed by atoms with van der Waals surface area (Å²) in [5, 5.41) is 0.872. The van der Waals surface area contributed by atoms with Gasteiger partial charge in [-0.3, -0.25) is 0 Å². The second-order valence-electron chi connectivity index (χ2n) is 7.62. The van der Waals surface area contributed by atoms with Crippen LogP contribution in [0.1, 0.15) is 37.2 Å². The number of nitrogens with zero attached hydrogens (tertiary/aromatic N) is 2. The number of esters is 1. The lowest BCUT2D eigenvalue weighted by molar-refractivity contribution is -0.235. The fourth-order valence-corrected chi connectivity index (χ4v) is 3.51. The summed E-state index contributed by atoms with van der Waals surface area (Å²) >= 11 is 0. The SMILES string of the molecule is CC(C)N1CCC(Oc2ccc3nc(C(=O)OC4OCC4F)ccc3c2)CC1. The van der Waals surface area contributed by atoms with Crippen molar-refractivity contribution >= 4 is 16.9 Å². The van der Waals surface area contributed by atoms with Gasteiger partial charge in [0.2, 0.25) is 6.29 Å². The summed E-state index contributed by atoms with van der Waals surface area (Å²) < 4.78 is 29.1. The molecule has 2 aromatic rings. The minimum Gasteiger partial charge on any atom is -0.490 e. The maximum absolute atomic E-state index is 13.2. The molecule has 150 valence electrons. The van der Waals surface area contributed by atoms with Crippen molar-refractivity contribution in [3.05, 3.63) is 36.0 Å². The number of likely N-dealkylation sites (tertiary alicyclic amines) is 1. The summed E-state index contributed by atoms with van der Waals surface area (Å²) in [6, 6.07) is 9.55. The van der Waals surface area contributed by atoms with E-state index in [1.165, 1.54) is 0 Å². The maximum Gasteiger partial charge on any atom is 0.359 e. The number of pyridine rings is 1. The van der Waals surface area contributed by atoms with Gasteiger partial charge in [0, 0.05) is 24.5 Å². The van der Waals surface area contributed by atoms with E-state index in [1.54, 1.807) is 12.1 Å². The Bertz CT molecular complexity index is 851. The first kappa shape index (κ1) is 19.1. The van der Waals surface area contributed by atoms with Gasteiger partial charge >= 0.3 is 5.97 Å². The molecule has 1 aromatic heterocycles. The molecule has 0 N–H and O–H groups in total. The number of halogens is 1. The predicted octanol–water partition coefficient (Wildman–Crippen LogP) is 3.34. The van der Waals surface area contributed by atoms with Crippen molar-refractivity contribution in [2.75, 3.05) is 19.7 Å². The largest absolute Gasteiger partial charge is 0.490 e. The number of carbonyl (C=O) groups excluding carboxylic acids is 1. The van der Waals surface area contributed by atoms with Crippen LogP contribution in [0.5, 0.6) is 5.75 Å². The number of piperidine rings is 1. The molecule has 0 aliphatic carbocycles. The summed E-state index contributed by atoms with van der Waals surface area (Å²) in [7, 11) is 0. The van der Waals surface area contributed by atoms with Gasteiger partial charge in [-0.1, -0.05) is 6.07 Å². The number of fused-ring (bicyclic) bond motifs is 1. The Labute approximate surface area is 163 Å². The van der Waals surface area contributed by atoms with Crippen molar-refractivity contribution in [3.63, 3.8) is 0 Å². The van der Waals surface area contributed by atoms with Gasteiger partial charge in [0.15, 0.2) is 6.17 Å². The lowest BCUT2D eigenvalue weighted by Gasteiger charge is -2.34. The molecule has 2 fully saturated rings. The van der Waals surface area contributed by atoms with E-state index < -0.39 is 18.4 Å². The first-order chi connectivity index (χ1) is 13.5. The zero-order chi connectivity index (χ0) is 19.7. The Morgan fingerprint density at radius 3 is 2.68 bits per heavy atom. The van der Waals surface area contributed by atoms with Crippen LogP contribution in [0, 0.1) is 0 Å². The molecule has 4 rings (SSSR count). The smallest absolute Gasteiger partial charge is 0.359 e. The van der Waals surface area contributed by atoms with E-state index in [0.29, 0.717) is 11.6 Å². The molecular weight excluding hydrogens is 363 g/mol. The van der Waals surface area contributed by atoms with Gasteiger partial charge in [0.25, 0.3) is 0 Å². The van der Waals surface area contributed by atoms with E-state index >= 15 is 0 Å². The lowest BCUT2D eigenvalue weighted by atomic mass is 10.1. The van der Waals surface area contributed by atoms with Gasteiger partial charge in [-0.2, -0.15) is 0 Å². The summed E-state index contributed by atoms with van der Waals surface area (Å²) in [6.07, 6.45) is -0.152. The third-order valence-electron chi connectivity index (χ3n) is 5.32. The van der Waals surface area contributed by atoms with Gasteiger partial charge < -0.3 is 19.1 Å². The number of ether oxygens (including phenoxy) is 3. The molecule has 6 nitrogen and oxygen atoms in total. The van der Waals surface area contributed by atoms with E-state index in [9.17, 15) is 9.18 Å². The van der Waals surface area contributed by atoms with Gasteiger partial charge in [-0.15, -0.1) is 0 Å². The van der Waals surface area contributed by atoms with Gasteiger partial charge in [-0.25, -0.2) is 14.2 Å². The number of carbonyl (C=O) groups is 1. The first-order valence-electron chi connectivity index (χ1n) is 9.78. The molecule has 0 spiro atoms. The van der Waals surface area contributed by atoms with Crippen LogP contribution >= 0.6 is 0 Å². The molecule has 2 atom stereocenters. The van der Waals surface area contributed by atoms with E-state index in [4.69, 9.17) is 14.2 Å². The molecular formula is C21H25FN2O4. The van der Waals surface area contributed by atoms with Crippen LogP contribution in [0.15, 0.2) is 30.3 Å². The van der Waals surface area contributed by atoms with Crippen LogP contribution in [-0.4, -0.2) is 60.2 Å². The third kappa shape index (κ3) is 4.10. The van der Waals surface area contributed by atoms with Crippen molar-refractivity contribution in [2.45, 2.75) is 51.3 Å². The van der Waals surface area contributed by atoms with Crippen molar-refractivity contribution in [1.29, 1.82) is 0 Å². The number of benzene rings is 1. The quantitative estimate of drug-likeness (QED) is 0.732. The Kier molecular flexibility index (Phi) is 5.46. The van der Waals surface area contributed by atoms with Gasteiger partial charge in [-0.05, 0) is 51.0 Å². The Morgan fingerprint density at radius 2 is 2.04 bits per heavy atom. The molecule has 3 heterocycles. The zero-order valence-electron chi connectivity index (χ0n) is 16.1. The van der Waals surface area contributed by atoms with Crippen LogP contribution in [0.2, 0.25) is 0 Å². The maximum atomic E-state index is 13.2. The number of alkyl halides is 1. The third-order valence-corrected chi connectivity index (χ3v) is 5.32. The van der Waals surface area contributed by atoms with Crippen LogP contribution in [-0.2, 0) is 9.47 Å². The normalized spacial score (nSPS) is 23.6. The number of hydrogen-bond donors (Lipinski definition) is 0. The van der Waals surface area contributed by atoms with Crippen LogP contribution in [0.25, 0.3) is 10.9 Å². The van der Waals surface area contributed by atoms with E-state index in [2.05, 4.69) is 23.7 Å². The lowest BCUT2D eigenvalue weighted by Crippen LogP contribution is -2.44. The van der Waals surface area contributed by atoms with E-state index in [0.717, 1.165) is 37.1 Å². The Morgan fingerprint density at radius 1 is 1.25 bits per heavy atom.